The monoisotopic (exact) mass is 457 g/mol. The van der Waals surface area contributed by atoms with Crippen molar-refractivity contribution >= 4 is 16.9 Å². The lowest BCUT2D eigenvalue weighted by Crippen LogP contribution is -2.32. The molecule has 2 fully saturated rings. The Morgan fingerprint density at radius 1 is 1.15 bits per heavy atom. The van der Waals surface area contributed by atoms with E-state index in [1.54, 1.807) is 10.9 Å². The summed E-state index contributed by atoms with van der Waals surface area (Å²) >= 11 is 0. The van der Waals surface area contributed by atoms with Crippen LogP contribution in [0.5, 0.6) is 0 Å². The minimum atomic E-state index is -0.383. The molecule has 0 radical (unpaired) electrons. The number of aromatic nitrogens is 6. The molecule has 1 N–H and O–H groups in total. The van der Waals surface area contributed by atoms with E-state index in [0.717, 1.165) is 48.3 Å². The van der Waals surface area contributed by atoms with Crippen LogP contribution in [-0.4, -0.2) is 35.8 Å². The van der Waals surface area contributed by atoms with Gasteiger partial charge in [0.15, 0.2) is 17.3 Å². The maximum Gasteiger partial charge on any atom is 0.252 e. The van der Waals surface area contributed by atoms with Gasteiger partial charge in [-0.3, -0.25) is 4.79 Å². The van der Waals surface area contributed by atoms with Crippen molar-refractivity contribution in [1.82, 2.24) is 35.2 Å². The molecule has 9 heteroatoms. The van der Waals surface area contributed by atoms with Crippen molar-refractivity contribution < 1.29 is 9.32 Å². The molecule has 6 rings (SSSR count). The van der Waals surface area contributed by atoms with Crippen molar-refractivity contribution in [2.24, 2.45) is 5.92 Å². The van der Waals surface area contributed by atoms with Gasteiger partial charge in [-0.05, 0) is 56.7 Å². The van der Waals surface area contributed by atoms with Gasteiger partial charge in [0.1, 0.15) is 6.04 Å². The van der Waals surface area contributed by atoms with Crippen LogP contribution < -0.4 is 5.32 Å². The Balaban J connectivity index is 1.41. The molecular weight excluding hydrogens is 430 g/mol. The summed E-state index contributed by atoms with van der Waals surface area (Å²) in [4.78, 5) is 27.7. The molecule has 0 aliphatic heterocycles. The van der Waals surface area contributed by atoms with E-state index < -0.39 is 0 Å². The van der Waals surface area contributed by atoms with Gasteiger partial charge in [-0.25, -0.2) is 9.97 Å². The Kier molecular flexibility index (Phi) is 4.93. The minimum Gasteiger partial charge on any atom is -0.340 e. The molecule has 0 spiro atoms. The van der Waals surface area contributed by atoms with E-state index in [9.17, 15) is 4.79 Å². The second-order valence-corrected chi connectivity index (χ2v) is 9.71. The molecule has 0 saturated heterocycles. The summed E-state index contributed by atoms with van der Waals surface area (Å²) in [6, 6.07) is 7.21. The zero-order valence-electron chi connectivity index (χ0n) is 19.5. The molecule has 2 aliphatic carbocycles. The number of nitrogens with zero attached hydrogens (tertiary/aromatic N) is 6. The molecule has 0 aromatic carbocycles. The molecule has 34 heavy (non-hydrogen) atoms. The average Bonchev–Trinajstić information content (AvgIpc) is 3.78. The number of fused-ring (bicyclic) bond motifs is 1. The van der Waals surface area contributed by atoms with E-state index in [2.05, 4.69) is 20.4 Å². The van der Waals surface area contributed by atoms with Crippen molar-refractivity contribution in [1.29, 1.82) is 0 Å². The van der Waals surface area contributed by atoms with E-state index >= 15 is 0 Å². The Labute approximate surface area is 197 Å². The second-order valence-electron chi connectivity index (χ2n) is 9.71. The first kappa shape index (κ1) is 20.9. The number of rotatable bonds is 7. The van der Waals surface area contributed by atoms with E-state index in [1.165, 1.54) is 0 Å². The largest absolute Gasteiger partial charge is 0.340 e. The van der Waals surface area contributed by atoms with Crippen LogP contribution in [0.3, 0.4) is 0 Å². The number of hydrogen-bond acceptors (Lipinski definition) is 7. The molecule has 0 bridgehead atoms. The van der Waals surface area contributed by atoms with Gasteiger partial charge >= 0.3 is 0 Å². The summed E-state index contributed by atoms with van der Waals surface area (Å²) in [6.07, 6.45) is 6.07. The zero-order chi connectivity index (χ0) is 23.4. The van der Waals surface area contributed by atoms with Gasteiger partial charge in [0.2, 0.25) is 5.89 Å². The molecule has 4 aromatic heterocycles. The van der Waals surface area contributed by atoms with E-state index in [4.69, 9.17) is 14.6 Å². The normalized spacial score (nSPS) is 16.8. The topological polar surface area (TPSA) is 112 Å². The molecule has 4 heterocycles. The van der Waals surface area contributed by atoms with Crippen LogP contribution in [0.4, 0.5) is 0 Å². The molecule has 1 atom stereocenters. The van der Waals surface area contributed by atoms with Crippen molar-refractivity contribution in [2.75, 3.05) is 0 Å². The summed E-state index contributed by atoms with van der Waals surface area (Å²) in [5, 5.41) is 12.7. The van der Waals surface area contributed by atoms with Gasteiger partial charge in [0, 0.05) is 23.7 Å². The third-order valence-electron chi connectivity index (χ3n) is 6.56. The summed E-state index contributed by atoms with van der Waals surface area (Å²) in [5.74, 6) is 2.52. The fourth-order valence-corrected chi connectivity index (χ4v) is 4.33. The molecule has 2 aliphatic rings. The predicted molar refractivity (Wildman–Crippen MR) is 125 cm³/mol. The molecule has 4 aromatic rings. The van der Waals surface area contributed by atoms with Gasteiger partial charge in [-0.15, -0.1) is 0 Å². The molecule has 1 amide bonds. The first-order valence-electron chi connectivity index (χ1n) is 12.0. The van der Waals surface area contributed by atoms with Crippen molar-refractivity contribution in [3.8, 4) is 5.82 Å². The van der Waals surface area contributed by atoms with E-state index in [1.807, 2.05) is 45.0 Å². The van der Waals surface area contributed by atoms with Gasteiger partial charge in [0.25, 0.3) is 5.91 Å². The highest BCUT2D eigenvalue weighted by Crippen LogP contribution is 2.41. The Hall–Kier alpha value is -3.62. The molecule has 1 unspecified atom stereocenters. The van der Waals surface area contributed by atoms with Crippen LogP contribution in [0.25, 0.3) is 16.9 Å². The zero-order valence-corrected chi connectivity index (χ0v) is 19.5. The summed E-state index contributed by atoms with van der Waals surface area (Å²) in [5.41, 5.74) is 2.88. The van der Waals surface area contributed by atoms with Crippen molar-refractivity contribution in [3.63, 3.8) is 0 Å². The van der Waals surface area contributed by atoms with Gasteiger partial charge < -0.3 is 9.84 Å². The smallest absolute Gasteiger partial charge is 0.252 e. The van der Waals surface area contributed by atoms with Crippen LogP contribution in [0.1, 0.15) is 90.9 Å². The first-order valence-corrected chi connectivity index (χ1v) is 12.0. The molecule has 9 nitrogen and oxygen atoms in total. The number of nitrogens with one attached hydrogen (secondary N) is 1. The molecular formula is C25H27N7O2. The lowest BCUT2D eigenvalue weighted by molar-refractivity contribution is 0.0915. The predicted octanol–water partition coefficient (Wildman–Crippen LogP) is 4.39. The Morgan fingerprint density at radius 3 is 2.62 bits per heavy atom. The Bertz CT molecular complexity index is 1370. The van der Waals surface area contributed by atoms with Gasteiger partial charge in [-0.2, -0.15) is 14.8 Å². The van der Waals surface area contributed by atoms with Crippen molar-refractivity contribution in [3.05, 3.63) is 59.1 Å². The average molecular weight is 458 g/mol. The van der Waals surface area contributed by atoms with Crippen LogP contribution in [0.15, 0.2) is 35.0 Å². The van der Waals surface area contributed by atoms with E-state index in [0.29, 0.717) is 34.8 Å². The molecule has 174 valence electrons. The number of pyridine rings is 2. The van der Waals surface area contributed by atoms with Crippen molar-refractivity contribution in [2.45, 2.75) is 64.3 Å². The first-order chi connectivity index (χ1) is 16.5. The third kappa shape index (κ3) is 3.74. The van der Waals surface area contributed by atoms with Crippen LogP contribution >= 0.6 is 0 Å². The number of aryl methyl sites for hydroxylation is 1. The maximum absolute atomic E-state index is 13.7. The summed E-state index contributed by atoms with van der Waals surface area (Å²) in [7, 11) is 0. The molecule has 2 saturated carbocycles. The minimum absolute atomic E-state index is 0.0778. The third-order valence-corrected chi connectivity index (χ3v) is 6.56. The quantitative estimate of drug-likeness (QED) is 0.438. The number of carbonyl (C=O) groups excluding carboxylic acids is 1. The lowest BCUT2D eigenvalue weighted by atomic mass is 10.0. The SMILES string of the molecule is Cc1nn(-c2ccccn2)c2nc(C3CC3)cc(C(=O)NC(c3nc(C4CC4)no3)C(C)C)c12. The van der Waals surface area contributed by atoms with Gasteiger partial charge in [-0.1, -0.05) is 25.1 Å². The van der Waals surface area contributed by atoms with E-state index in [-0.39, 0.29) is 17.9 Å². The van der Waals surface area contributed by atoms with Gasteiger partial charge in [0.05, 0.1) is 16.6 Å². The summed E-state index contributed by atoms with van der Waals surface area (Å²) < 4.78 is 7.29. The number of carbonyl (C=O) groups is 1. The maximum atomic E-state index is 13.7. The van der Waals surface area contributed by atoms with Crippen LogP contribution in [-0.2, 0) is 0 Å². The number of hydrogen-bond donors (Lipinski definition) is 1. The van der Waals surface area contributed by atoms with Crippen LogP contribution in [0.2, 0.25) is 0 Å². The highest BCUT2D eigenvalue weighted by atomic mass is 16.5. The Morgan fingerprint density at radius 2 is 1.94 bits per heavy atom. The van der Waals surface area contributed by atoms with Crippen LogP contribution in [0, 0.1) is 12.8 Å². The fraction of sp³-hybridized carbons (Fsp3) is 0.440. The standard InChI is InChI=1S/C25H27N7O2/c1-13(2)21(25-29-22(31-34-25)16-9-10-16)28-24(33)17-12-18(15-7-8-15)27-23-20(17)14(3)30-32(23)19-6-4-5-11-26-19/h4-6,11-13,15-16,21H,7-10H2,1-3H3,(H,28,33). The fourth-order valence-electron chi connectivity index (χ4n) is 4.33. The highest BCUT2D eigenvalue weighted by molar-refractivity contribution is 6.07. The lowest BCUT2D eigenvalue weighted by Gasteiger charge is -2.19. The second kappa shape index (κ2) is 8.00. The highest BCUT2D eigenvalue weighted by Gasteiger charge is 2.33. The number of amides is 1. The summed E-state index contributed by atoms with van der Waals surface area (Å²) in [6.45, 7) is 5.97.